The Hall–Kier alpha value is -3.78. The number of carbonyl (C=O) groups excluding carboxylic acids is 4. The van der Waals surface area contributed by atoms with Crippen LogP contribution >= 0.6 is 69.5 Å². The molecule has 1 heterocycles. The van der Waals surface area contributed by atoms with E-state index in [0.717, 1.165) is 23.1 Å². The van der Waals surface area contributed by atoms with Crippen molar-refractivity contribution in [2.45, 2.75) is 18.7 Å². The first kappa shape index (κ1) is 36.1. The third kappa shape index (κ3) is 8.39. The molecule has 3 amide bonds. The van der Waals surface area contributed by atoms with Crippen LogP contribution in [0.25, 0.3) is 0 Å². The maximum absolute atomic E-state index is 13.1. The number of benzene rings is 3. The number of nitrogens with one attached hydrogen (secondary N) is 3. The molecule has 10 nitrogen and oxygen atoms in total. The third-order valence-electron chi connectivity index (χ3n) is 6.29. The number of esters is 1. The zero-order chi connectivity index (χ0) is 34.4. The molecule has 0 unspecified atom stereocenters. The predicted octanol–water partition coefficient (Wildman–Crippen LogP) is 8.78. The van der Waals surface area contributed by atoms with E-state index >= 15 is 0 Å². The quantitative estimate of drug-likeness (QED) is 0.0514. The first-order chi connectivity index (χ1) is 22.3. The average Bonchev–Trinajstić information content (AvgIpc) is 3.36. The monoisotopic (exact) mass is 753 g/mol. The minimum absolute atomic E-state index is 0.0833. The second-order valence-electron chi connectivity index (χ2n) is 9.43. The zero-order valence-electron chi connectivity index (χ0n) is 24.3. The number of thiophene rings is 1. The number of aromatic carboxylic acids is 1. The number of halogens is 4. The highest BCUT2D eigenvalue weighted by molar-refractivity contribution is 8.00. The lowest BCUT2D eigenvalue weighted by atomic mass is 10.1. The number of hydrogen-bond donors (Lipinski definition) is 4. The number of ether oxygens (including phenoxy) is 1. The van der Waals surface area contributed by atoms with Gasteiger partial charge in [0.15, 0.2) is 0 Å². The summed E-state index contributed by atoms with van der Waals surface area (Å²) in [5, 5.41) is 16.4. The van der Waals surface area contributed by atoms with Crippen LogP contribution in [0.3, 0.4) is 0 Å². The van der Waals surface area contributed by atoms with Crippen LogP contribution in [-0.2, 0) is 9.53 Å². The minimum Gasteiger partial charge on any atom is -0.478 e. The van der Waals surface area contributed by atoms with E-state index in [1.807, 2.05) is 6.07 Å². The van der Waals surface area contributed by atoms with Crippen molar-refractivity contribution >= 4 is 116 Å². The summed E-state index contributed by atoms with van der Waals surface area (Å²) in [6.07, 6.45) is 0. The summed E-state index contributed by atoms with van der Waals surface area (Å²) in [5.41, 5.74) is 0.175. The lowest BCUT2D eigenvalue weighted by Crippen LogP contribution is -2.18. The highest BCUT2D eigenvalue weighted by atomic mass is 35.5. The van der Waals surface area contributed by atoms with E-state index in [0.29, 0.717) is 16.1 Å². The van der Waals surface area contributed by atoms with E-state index in [9.17, 15) is 29.1 Å². The van der Waals surface area contributed by atoms with Crippen LogP contribution in [0.4, 0.5) is 16.4 Å². The summed E-state index contributed by atoms with van der Waals surface area (Å²) in [5.74, 6) is -4.15. The van der Waals surface area contributed by atoms with Gasteiger partial charge in [-0.3, -0.25) is 14.4 Å². The van der Waals surface area contributed by atoms with E-state index in [1.165, 1.54) is 6.07 Å². The van der Waals surface area contributed by atoms with Gasteiger partial charge in [-0.05, 0) is 49.7 Å². The highest BCUT2D eigenvalue weighted by Crippen LogP contribution is 2.42. The Balaban J connectivity index is 1.49. The Morgan fingerprint density at radius 3 is 2.04 bits per heavy atom. The number of rotatable bonds is 11. The normalized spacial score (nSPS) is 10.7. The summed E-state index contributed by atoms with van der Waals surface area (Å²) in [7, 11) is 0. The predicted molar refractivity (Wildman–Crippen MR) is 187 cm³/mol. The molecule has 0 bridgehead atoms. The standard InChI is InChI=1S/C31H23Cl4N3O7S2/c1-3-45-31(44)19-14(2)26(28(41)36-15-8-5-4-6-9-15)47-29(19)38-18(39)13-46-17-11-7-10-16(12-17)37-27(40)20-21(30(42)43)23(33)25(35)24(34)22(20)32/h4-12H,3,13H2,1-2H3,(H,36,41)(H,37,40)(H,38,39)(H,42,43). The molecule has 0 radical (unpaired) electrons. The molecule has 16 heteroatoms. The number of amides is 3. The fraction of sp³-hybridized carbons (Fsp3) is 0.129. The van der Waals surface area contributed by atoms with Gasteiger partial charge in [0.25, 0.3) is 11.8 Å². The van der Waals surface area contributed by atoms with Crippen molar-refractivity contribution in [1.82, 2.24) is 0 Å². The molecular formula is C31H23Cl4N3O7S2. The zero-order valence-corrected chi connectivity index (χ0v) is 29.0. The van der Waals surface area contributed by atoms with Crippen LogP contribution in [0.5, 0.6) is 0 Å². The van der Waals surface area contributed by atoms with Gasteiger partial charge in [0.1, 0.15) is 5.00 Å². The lowest BCUT2D eigenvalue weighted by Gasteiger charge is -2.14. The summed E-state index contributed by atoms with van der Waals surface area (Å²) in [6.45, 7) is 3.34. The molecule has 1 aromatic heterocycles. The van der Waals surface area contributed by atoms with Crippen molar-refractivity contribution in [2.75, 3.05) is 28.3 Å². The van der Waals surface area contributed by atoms with Crippen molar-refractivity contribution in [3.63, 3.8) is 0 Å². The third-order valence-corrected chi connectivity index (χ3v) is 10.3. The Kier molecular flexibility index (Phi) is 12.2. The number of carbonyl (C=O) groups is 5. The summed E-state index contributed by atoms with van der Waals surface area (Å²) in [6, 6.07) is 15.2. The Morgan fingerprint density at radius 1 is 0.787 bits per heavy atom. The molecule has 4 N–H and O–H groups in total. The number of thioether (sulfide) groups is 1. The van der Waals surface area contributed by atoms with Crippen LogP contribution in [0.2, 0.25) is 20.1 Å². The molecule has 0 aliphatic heterocycles. The largest absolute Gasteiger partial charge is 0.478 e. The Morgan fingerprint density at radius 2 is 1.40 bits per heavy atom. The molecule has 0 atom stereocenters. The smallest absolute Gasteiger partial charge is 0.341 e. The second-order valence-corrected chi connectivity index (χ2v) is 13.0. The van der Waals surface area contributed by atoms with E-state index in [1.54, 1.807) is 56.3 Å². The van der Waals surface area contributed by atoms with Crippen molar-refractivity contribution in [3.05, 3.63) is 102 Å². The minimum atomic E-state index is -1.54. The number of carboxylic acid groups (broad SMARTS) is 1. The average molecular weight is 755 g/mol. The fourth-order valence-corrected chi connectivity index (χ4v) is 7.07. The van der Waals surface area contributed by atoms with E-state index in [4.69, 9.17) is 51.1 Å². The molecular weight excluding hydrogens is 732 g/mol. The SMILES string of the molecule is CCOC(=O)c1c(NC(=O)CSc2cccc(NC(=O)c3c(Cl)c(Cl)c(Cl)c(Cl)c3C(=O)O)c2)sc(C(=O)Nc2ccccc2)c1C. The van der Waals surface area contributed by atoms with Gasteiger partial charge in [0, 0.05) is 16.3 Å². The first-order valence-corrected chi connectivity index (χ1v) is 16.8. The number of para-hydroxylation sites is 1. The number of anilines is 3. The van der Waals surface area contributed by atoms with Gasteiger partial charge in [-0.25, -0.2) is 9.59 Å². The van der Waals surface area contributed by atoms with Crippen LogP contribution < -0.4 is 16.0 Å². The van der Waals surface area contributed by atoms with Gasteiger partial charge >= 0.3 is 11.9 Å². The molecule has 47 heavy (non-hydrogen) atoms. The molecule has 0 aliphatic carbocycles. The van der Waals surface area contributed by atoms with Crippen molar-refractivity contribution in [3.8, 4) is 0 Å². The molecule has 0 saturated carbocycles. The van der Waals surface area contributed by atoms with Gasteiger partial charge < -0.3 is 25.8 Å². The molecule has 0 aliphatic rings. The van der Waals surface area contributed by atoms with Crippen LogP contribution in [0.15, 0.2) is 59.5 Å². The number of hydrogen-bond acceptors (Lipinski definition) is 8. The Bertz CT molecular complexity index is 1900. The van der Waals surface area contributed by atoms with E-state index < -0.39 is 45.8 Å². The Labute approximate surface area is 296 Å². The topological polar surface area (TPSA) is 151 Å². The van der Waals surface area contributed by atoms with Crippen LogP contribution in [0, 0.1) is 6.92 Å². The maximum atomic E-state index is 13.1. The molecule has 3 aromatic carbocycles. The van der Waals surface area contributed by atoms with Crippen molar-refractivity contribution in [2.24, 2.45) is 0 Å². The van der Waals surface area contributed by atoms with Gasteiger partial charge in [-0.2, -0.15) is 0 Å². The number of carboxylic acids is 1. The summed E-state index contributed by atoms with van der Waals surface area (Å²) < 4.78 is 5.18. The fourth-order valence-electron chi connectivity index (χ4n) is 4.19. The molecule has 0 spiro atoms. The van der Waals surface area contributed by atoms with E-state index in [-0.39, 0.29) is 48.6 Å². The van der Waals surface area contributed by atoms with E-state index in [2.05, 4.69) is 16.0 Å². The van der Waals surface area contributed by atoms with Gasteiger partial charge in [-0.15, -0.1) is 23.1 Å². The van der Waals surface area contributed by atoms with Crippen LogP contribution in [-0.4, -0.2) is 47.1 Å². The molecule has 0 saturated heterocycles. The molecule has 244 valence electrons. The van der Waals surface area contributed by atoms with Gasteiger partial charge in [0.2, 0.25) is 5.91 Å². The molecule has 4 aromatic rings. The summed E-state index contributed by atoms with van der Waals surface area (Å²) in [4.78, 5) is 64.6. The van der Waals surface area contributed by atoms with Gasteiger partial charge in [-0.1, -0.05) is 70.7 Å². The van der Waals surface area contributed by atoms with Gasteiger partial charge in [0.05, 0.1) is 54.0 Å². The summed E-state index contributed by atoms with van der Waals surface area (Å²) >= 11 is 26.3. The maximum Gasteiger partial charge on any atom is 0.341 e. The molecule has 4 rings (SSSR count). The van der Waals surface area contributed by atoms with Crippen molar-refractivity contribution < 1.29 is 33.8 Å². The van der Waals surface area contributed by atoms with Crippen LogP contribution in [0.1, 0.15) is 53.2 Å². The molecule has 0 fully saturated rings. The second kappa shape index (κ2) is 15.9. The lowest BCUT2D eigenvalue weighted by molar-refractivity contribution is -0.113. The highest BCUT2D eigenvalue weighted by Gasteiger charge is 2.29. The van der Waals surface area contributed by atoms with Crippen molar-refractivity contribution in [1.29, 1.82) is 0 Å². The first-order valence-electron chi connectivity index (χ1n) is 13.4.